The Hall–Kier alpha value is -0.780. The molecule has 1 aromatic carbocycles. The van der Waals surface area contributed by atoms with Crippen LogP contribution in [0.25, 0.3) is 0 Å². The van der Waals surface area contributed by atoms with Gasteiger partial charge in [-0.2, -0.15) is 0 Å². The minimum Gasteiger partial charge on any atom is -0.0623 e. The molecule has 0 amide bonds. The lowest BCUT2D eigenvalue weighted by Gasteiger charge is -2.32. The Morgan fingerprint density at radius 3 is 2.41 bits per heavy atom. The van der Waals surface area contributed by atoms with Crippen molar-refractivity contribution < 1.29 is 0 Å². The molecule has 1 aliphatic carbocycles. The number of rotatable bonds is 2. The van der Waals surface area contributed by atoms with E-state index in [-0.39, 0.29) is 0 Å². The maximum atomic E-state index is 2.43. The predicted octanol–water partition coefficient (Wildman–Crippen LogP) is 4.92. The van der Waals surface area contributed by atoms with Gasteiger partial charge < -0.3 is 0 Å². The van der Waals surface area contributed by atoms with E-state index in [0.29, 0.717) is 0 Å². The molecular formula is C17H26. The maximum absolute atomic E-state index is 2.43. The fraction of sp³-hybridized carbons (Fsp3) is 0.647. The van der Waals surface area contributed by atoms with E-state index < -0.39 is 0 Å². The second kappa shape index (κ2) is 5.25. The highest BCUT2D eigenvalue weighted by atomic mass is 14.3. The molecule has 0 nitrogen and oxygen atoms in total. The monoisotopic (exact) mass is 230 g/mol. The van der Waals surface area contributed by atoms with Crippen molar-refractivity contribution in [3.63, 3.8) is 0 Å². The first-order chi connectivity index (χ1) is 8.06. The van der Waals surface area contributed by atoms with Crippen molar-refractivity contribution in [1.82, 2.24) is 0 Å². The Labute approximate surface area is 106 Å². The molecule has 0 spiro atoms. The van der Waals surface area contributed by atoms with Crippen LogP contribution in [0, 0.1) is 31.6 Å². The van der Waals surface area contributed by atoms with E-state index >= 15 is 0 Å². The van der Waals surface area contributed by atoms with Gasteiger partial charge in [-0.1, -0.05) is 38.5 Å². The van der Waals surface area contributed by atoms with Gasteiger partial charge in [0.15, 0.2) is 0 Å². The second-order valence-corrected chi connectivity index (χ2v) is 6.26. The van der Waals surface area contributed by atoms with Crippen LogP contribution in [0.5, 0.6) is 0 Å². The first kappa shape index (κ1) is 12.7. The Morgan fingerprint density at radius 2 is 1.76 bits per heavy atom. The molecule has 0 N–H and O–H groups in total. The standard InChI is InChI=1S/C17H26/c1-12-5-7-16(9-14(12)3)11-17-8-6-13(2)15(4)10-17/h5,7,9,13,15,17H,6,8,10-11H2,1-4H3. The van der Waals surface area contributed by atoms with Gasteiger partial charge in [0.1, 0.15) is 0 Å². The van der Waals surface area contributed by atoms with Crippen molar-refractivity contribution in [2.75, 3.05) is 0 Å². The molecule has 1 aromatic rings. The van der Waals surface area contributed by atoms with Crippen molar-refractivity contribution in [3.8, 4) is 0 Å². The lowest BCUT2D eigenvalue weighted by Crippen LogP contribution is -2.22. The molecule has 0 aromatic heterocycles. The predicted molar refractivity (Wildman–Crippen MR) is 75.3 cm³/mol. The smallest absolute Gasteiger partial charge is 0.0250 e. The quantitative estimate of drug-likeness (QED) is 0.676. The van der Waals surface area contributed by atoms with Gasteiger partial charge in [0.25, 0.3) is 0 Å². The fourth-order valence-corrected chi connectivity index (χ4v) is 3.11. The van der Waals surface area contributed by atoms with Gasteiger partial charge in [-0.15, -0.1) is 0 Å². The molecule has 3 atom stereocenters. The summed E-state index contributed by atoms with van der Waals surface area (Å²) in [6, 6.07) is 6.99. The van der Waals surface area contributed by atoms with E-state index in [0.717, 1.165) is 17.8 Å². The summed E-state index contributed by atoms with van der Waals surface area (Å²) >= 11 is 0. The van der Waals surface area contributed by atoms with Gasteiger partial charge >= 0.3 is 0 Å². The molecule has 0 saturated heterocycles. The van der Waals surface area contributed by atoms with Crippen LogP contribution in [-0.2, 0) is 6.42 Å². The van der Waals surface area contributed by atoms with Crippen molar-refractivity contribution in [1.29, 1.82) is 0 Å². The van der Waals surface area contributed by atoms with Crippen LogP contribution in [-0.4, -0.2) is 0 Å². The third-order valence-electron chi connectivity index (χ3n) is 4.80. The Balaban J connectivity index is 1.99. The van der Waals surface area contributed by atoms with E-state index in [2.05, 4.69) is 45.9 Å². The summed E-state index contributed by atoms with van der Waals surface area (Å²) in [5.41, 5.74) is 4.40. The van der Waals surface area contributed by atoms with E-state index in [9.17, 15) is 0 Å². The maximum Gasteiger partial charge on any atom is -0.0250 e. The average Bonchev–Trinajstić information content (AvgIpc) is 2.29. The normalized spacial score (nSPS) is 29.3. The Morgan fingerprint density at radius 1 is 1.00 bits per heavy atom. The number of benzene rings is 1. The van der Waals surface area contributed by atoms with Gasteiger partial charge in [-0.05, 0) is 67.6 Å². The van der Waals surface area contributed by atoms with E-state index in [4.69, 9.17) is 0 Å². The van der Waals surface area contributed by atoms with Crippen LogP contribution >= 0.6 is 0 Å². The molecule has 0 bridgehead atoms. The highest BCUT2D eigenvalue weighted by Gasteiger charge is 2.24. The minimum absolute atomic E-state index is 0.917. The average molecular weight is 230 g/mol. The summed E-state index contributed by atoms with van der Waals surface area (Å²) in [5, 5.41) is 0. The molecular weight excluding hydrogens is 204 g/mol. The first-order valence-corrected chi connectivity index (χ1v) is 7.12. The van der Waals surface area contributed by atoms with Gasteiger partial charge in [0.2, 0.25) is 0 Å². The van der Waals surface area contributed by atoms with E-state index in [1.165, 1.54) is 36.8 Å². The highest BCUT2D eigenvalue weighted by molar-refractivity contribution is 5.30. The molecule has 1 aliphatic rings. The topological polar surface area (TPSA) is 0 Å². The van der Waals surface area contributed by atoms with Crippen molar-refractivity contribution >= 4 is 0 Å². The molecule has 94 valence electrons. The lowest BCUT2D eigenvalue weighted by atomic mass is 9.74. The molecule has 0 aliphatic heterocycles. The van der Waals surface area contributed by atoms with Crippen LogP contribution in [0.1, 0.15) is 49.8 Å². The molecule has 0 radical (unpaired) electrons. The third kappa shape index (κ3) is 3.12. The number of hydrogen-bond acceptors (Lipinski definition) is 0. The zero-order chi connectivity index (χ0) is 12.4. The summed E-state index contributed by atoms with van der Waals surface area (Å²) in [6.07, 6.45) is 5.57. The molecule has 0 heterocycles. The highest BCUT2D eigenvalue weighted by Crippen LogP contribution is 2.35. The van der Waals surface area contributed by atoms with Crippen LogP contribution < -0.4 is 0 Å². The van der Waals surface area contributed by atoms with Gasteiger partial charge in [0.05, 0.1) is 0 Å². The second-order valence-electron chi connectivity index (χ2n) is 6.26. The van der Waals surface area contributed by atoms with Gasteiger partial charge in [-0.25, -0.2) is 0 Å². The zero-order valence-electron chi connectivity index (χ0n) is 11.8. The first-order valence-electron chi connectivity index (χ1n) is 7.12. The van der Waals surface area contributed by atoms with Crippen LogP contribution in [0.4, 0.5) is 0 Å². The van der Waals surface area contributed by atoms with Crippen molar-refractivity contribution in [3.05, 3.63) is 34.9 Å². The summed E-state index contributed by atoms with van der Waals surface area (Å²) < 4.78 is 0. The molecule has 3 unspecified atom stereocenters. The summed E-state index contributed by atoms with van der Waals surface area (Å²) in [6.45, 7) is 9.27. The largest absolute Gasteiger partial charge is 0.0623 e. The van der Waals surface area contributed by atoms with Crippen LogP contribution in [0.15, 0.2) is 18.2 Å². The van der Waals surface area contributed by atoms with Crippen molar-refractivity contribution in [2.24, 2.45) is 17.8 Å². The third-order valence-corrected chi connectivity index (χ3v) is 4.80. The van der Waals surface area contributed by atoms with E-state index in [1.54, 1.807) is 5.56 Å². The molecule has 1 fully saturated rings. The zero-order valence-corrected chi connectivity index (χ0v) is 11.8. The molecule has 1 saturated carbocycles. The number of hydrogen-bond donors (Lipinski definition) is 0. The minimum atomic E-state index is 0.917. The SMILES string of the molecule is Cc1ccc(CC2CCC(C)C(C)C2)cc1C. The Bertz CT molecular complexity index is 378. The summed E-state index contributed by atoms with van der Waals surface area (Å²) in [4.78, 5) is 0. The molecule has 17 heavy (non-hydrogen) atoms. The fourth-order valence-electron chi connectivity index (χ4n) is 3.11. The van der Waals surface area contributed by atoms with Gasteiger partial charge in [0, 0.05) is 0 Å². The number of aryl methyl sites for hydroxylation is 2. The summed E-state index contributed by atoms with van der Waals surface area (Å²) in [5.74, 6) is 2.77. The van der Waals surface area contributed by atoms with Crippen molar-refractivity contribution in [2.45, 2.75) is 53.4 Å². The van der Waals surface area contributed by atoms with E-state index in [1.807, 2.05) is 0 Å². The Kier molecular flexibility index (Phi) is 3.91. The van der Waals surface area contributed by atoms with Gasteiger partial charge in [-0.3, -0.25) is 0 Å². The van der Waals surface area contributed by atoms with Crippen LogP contribution in [0.2, 0.25) is 0 Å². The van der Waals surface area contributed by atoms with Crippen LogP contribution in [0.3, 0.4) is 0 Å². The lowest BCUT2D eigenvalue weighted by molar-refractivity contribution is 0.207. The molecule has 2 rings (SSSR count). The summed E-state index contributed by atoms with van der Waals surface area (Å²) in [7, 11) is 0. The molecule has 0 heteroatoms.